The summed E-state index contributed by atoms with van der Waals surface area (Å²) in [6, 6.07) is 16.1. The Morgan fingerprint density at radius 2 is 1.56 bits per heavy atom. The zero-order valence-electron chi connectivity index (χ0n) is 19.2. The van der Waals surface area contributed by atoms with Gasteiger partial charge in [-0.2, -0.15) is 0 Å². The molecule has 0 aliphatic heterocycles. The van der Waals surface area contributed by atoms with Gasteiger partial charge in [-0.15, -0.1) is 0 Å². The van der Waals surface area contributed by atoms with Crippen LogP contribution >= 0.6 is 0 Å². The second-order valence-corrected chi connectivity index (χ2v) is 8.46. The Morgan fingerprint density at radius 3 is 2.12 bits per heavy atom. The smallest absolute Gasteiger partial charge is 0.347 e. The van der Waals surface area contributed by atoms with Gasteiger partial charge in [0.05, 0.1) is 0 Å². The topological polar surface area (TPSA) is 75.6 Å². The molecule has 0 fully saturated rings. The molecule has 0 atom stereocenters. The molecule has 0 saturated heterocycles. The van der Waals surface area contributed by atoms with Crippen LogP contribution in [0.4, 0.5) is 5.95 Å². The van der Waals surface area contributed by atoms with Gasteiger partial charge in [-0.25, -0.2) is 14.8 Å². The van der Waals surface area contributed by atoms with Crippen LogP contribution < -0.4 is 9.64 Å². The Kier molecular flexibility index (Phi) is 7.46. The maximum Gasteiger partial charge on any atom is 0.347 e. The van der Waals surface area contributed by atoms with E-state index in [-0.39, 0.29) is 0 Å². The van der Waals surface area contributed by atoms with Crippen molar-refractivity contribution < 1.29 is 14.6 Å². The largest absolute Gasteiger partial charge is 0.478 e. The Bertz CT molecular complexity index is 1010. The van der Waals surface area contributed by atoms with E-state index in [9.17, 15) is 9.90 Å². The fourth-order valence-corrected chi connectivity index (χ4v) is 3.18. The van der Waals surface area contributed by atoms with E-state index in [1.54, 1.807) is 0 Å². The summed E-state index contributed by atoms with van der Waals surface area (Å²) in [5.41, 5.74) is 3.41. The molecule has 168 valence electrons. The number of carbonyl (C=O) groups is 1. The van der Waals surface area contributed by atoms with Gasteiger partial charge in [0, 0.05) is 25.5 Å². The van der Waals surface area contributed by atoms with Gasteiger partial charge in [-0.05, 0) is 62.4 Å². The van der Waals surface area contributed by atoms with Crippen LogP contribution in [0.25, 0.3) is 0 Å². The number of aliphatic carboxylic acids is 1. The fourth-order valence-electron chi connectivity index (χ4n) is 3.18. The lowest BCUT2D eigenvalue weighted by Crippen LogP contribution is -2.37. The van der Waals surface area contributed by atoms with Crippen LogP contribution in [0.1, 0.15) is 43.0 Å². The fraction of sp³-hybridized carbons (Fsp3) is 0.346. The number of anilines is 1. The molecule has 3 rings (SSSR count). The molecule has 3 aromatic rings. The Hall–Kier alpha value is -3.41. The summed E-state index contributed by atoms with van der Waals surface area (Å²) in [7, 11) is 0. The highest BCUT2D eigenvalue weighted by Crippen LogP contribution is 2.20. The van der Waals surface area contributed by atoms with Gasteiger partial charge in [0.25, 0.3) is 0 Å². The zero-order valence-corrected chi connectivity index (χ0v) is 19.2. The molecule has 1 N–H and O–H groups in total. The van der Waals surface area contributed by atoms with Crippen LogP contribution in [-0.4, -0.2) is 33.2 Å². The van der Waals surface area contributed by atoms with Crippen LogP contribution in [0.5, 0.6) is 5.75 Å². The summed E-state index contributed by atoms with van der Waals surface area (Å²) < 4.78 is 5.59. The zero-order chi connectivity index (χ0) is 23.1. The van der Waals surface area contributed by atoms with Crippen LogP contribution in [0.15, 0.2) is 60.9 Å². The lowest BCUT2D eigenvalue weighted by atomic mass is 10.1. The maximum absolute atomic E-state index is 11.3. The van der Waals surface area contributed by atoms with E-state index in [4.69, 9.17) is 4.74 Å². The minimum Gasteiger partial charge on any atom is -0.478 e. The average molecular weight is 434 g/mol. The average Bonchev–Trinajstić information content (AvgIpc) is 2.78. The highest BCUT2D eigenvalue weighted by atomic mass is 16.5. The molecule has 6 heteroatoms. The third kappa shape index (κ3) is 6.30. The molecule has 6 nitrogen and oxygen atoms in total. The third-order valence-electron chi connectivity index (χ3n) is 5.36. The molecular weight excluding hydrogens is 402 g/mol. The maximum atomic E-state index is 11.3. The molecular formula is C26H31N3O3. The summed E-state index contributed by atoms with van der Waals surface area (Å²) in [6.45, 7) is 8.72. The molecule has 2 aromatic carbocycles. The second-order valence-electron chi connectivity index (χ2n) is 8.46. The second kappa shape index (κ2) is 10.3. The van der Waals surface area contributed by atoms with Crippen LogP contribution in [0.2, 0.25) is 0 Å². The van der Waals surface area contributed by atoms with E-state index in [1.165, 1.54) is 25.0 Å². The summed E-state index contributed by atoms with van der Waals surface area (Å²) in [5, 5.41) is 9.24. The van der Waals surface area contributed by atoms with Crippen molar-refractivity contribution >= 4 is 11.9 Å². The molecule has 0 saturated carbocycles. The molecule has 1 heterocycles. The van der Waals surface area contributed by atoms with Gasteiger partial charge < -0.3 is 14.7 Å². The summed E-state index contributed by atoms with van der Waals surface area (Å²) in [4.78, 5) is 22.6. The van der Waals surface area contributed by atoms with Crippen molar-refractivity contribution in [3.8, 4) is 5.75 Å². The number of benzene rings is 2. The van der Waals surface area contributed by atoms with E-state index in [0.717, 1.165) is 37.1 Å². The van der Waals surface area contributed by atoms with Crippen LogP contribution in [-0.2, 0) is 24.2 Å². The first-order chi connectivity index (χ1) is 15.3. The molecule has 32 heavy (non-hydrogen) atoms. The van der Waals surface area contributed by atoms with Crippen molar-refractivity contribution in [2.75, 3.05) is 11.4 Å². The lowest BCUT2D eigenvalue weighted by molar-refractivity contribution is -0.152. The minimum atomic E-state index is -1.27. The van der Waals surface area contributed by atoms with Gasteiger partial charge in [-0.3, -0.25) is 0 Å². The van der Waals surface area contributed by atoms with Gasteiger partial charge >= 0.3 is 5.97 Å². The monoisotopic (exact) mass is 433 g/mol. The van der Waals surface area contributed by atoms with Crippen molar-refractivity contribution in [3.05, 3.63) is 83.2 Å². The SMILES string of the molecule is CCc1cnc(N(CCc2ccc(OC(C)(C)C(=O)O)cc2)Cc2ccc(C)cc2)nc1. The van der Waals surface area contributed by atoms with Crippen molar-refractivity contribution in [2.45, 2.75) is 52.7 Å². The Morgan fingerprint density at radius 1 is 0.969 bits per heavy atom. The number of aromatic nitrogens is 2. The first-order valence-corrected chi connectivity index (χ1v) is 10.9. The highest BCUT2D eigenvalue weighted by Gasteiger charge is 2.29. The molecule has 0 aliphatic carbocycles. The molecule has 0 aliphatic rings. The summed E-state index contributed by atoms with van der Waals surface area (Å²) in [6.07, 6.45) is 5.49. The highest BCUT2D eigenvalue weighted by molar-refractivity contribution is 5.76. The molecule has 0 unspecified atom stereocenters. The lowest BCUT2D eigenvalue weighted by Gasteiger charge is -2.23. The van der Waals surface area contributed by atoms with Gasteiger partial charge in [0.2, 0.25) is 5.95 Å². The number of ether oxygens (including phenoxy) is 1. The van der Waals surface area contributed by atoms with Crippen molar-refractivity contribution in [1.29, 1.82) is 0 Å². The summed E-state index contributed by atoms with van der Waals surface area (Å²) >= 11 is 0. The van der Waals surface area contributed by atoms with E-state index in [2.05, 4.69) is 53.0 Å². The number of rotatable bonds is 10. The van der Waals surface area contributed by atoms with E-state index >= 15 is 0 Å². The van der Waals surface area contributed by atoms with Gasteiger partial charge in [-0.1, -0.05) is 48.9 Å². The molecule has 0 amide bonds. The summed E-state index contributed by atoms with van der Waals surface area (Å²) in [5.74, 6) is 0.254. The number of carboxylic acids is 1. The van der Waals surface area contributed by atoms with Crippen molar-refractivity contribution in [2.24, 2.45) is 0 Å². The van der Waals surface area contributed by atoms with Gasteiger partial charge in [0.1, 0.15) is 5.75 Å². The van der Waals surface area contributed by atoms with E-state index < -0.39 is 11.6 Å². The standard InChI is InChI=1S/C26H31N3O3/c1-5-20-16-27-25(28-17-20)29(18-22-8-6-19(2)7-9-22)15-14-21-10-12-23(13-11-21)32-26(3,4)24(30)31/h6-13,16-17H,5,14-15,18H2,1-4H3,(H,30,31). The van der Waals surface area contributed by atoms with E-state index in [0.29, 0.717) is 11.7 Å². The minimum absolute atomic E-state index is 0.538. The first-order valence-electron chi connectivity index (χ1n) is 10.9. The molecule has 0 spiro atoms. The normalized spacial score (nSPS) is 11.2. The first kappa shape index (κ1) is 23.3. The molecule has 0 radical (unpaired) electrons. The van der Waals surface area contributed by atoms with Gasteiger partial charge in [0.15, 0.2) is 5.60 Å². The number of hydrogen-bond donors (Lipinski definition) is 1. The number of carboxylic acid groups (broad SMARTS) is 1. The number of aryl methyl sites for hydroxylation is 2. The van der Waals surface area contributed by atoms with Crippen LogP contribution in [0.3, 0.4) is 0 Å². The van der Waals surface area contributed by atoms with Crippen molar-refractivity contribution in [3.63, 3.8) is 0 Å². The molecule has 0 bridgehead atoms. The van der Waals surface area contributed by atoms with Crippen molar-refractivity contribution in [1.82, 2.24) is 9.97 Å². The van der Waals surface area contributed by atoms with Crippen LogP contribution in [0, 0.1) is 6.92 Å². The third-order valence-corrected chi connectivity index (χ3v) is 5.36. The van der Waals surface area contributed by atoms with E-state index in [1.807, 2.05) is 36.7 Å². The quantitative estimate of drug-likeness (QED) is 0.493. The molecule has 1 aromatic heterocycles. The predicted molar refractivity (Wildman–Crippen MR) is 126 cm³/mol. The Labute approximate surface area is 189 Å². The number of hydrogen-bond acceptors (Lipinski definition) is 5. The predicted octanol–water partition coefficient (Wildman–Crippen LogP) is 4.84. The Balaban J connectivity index is 1.71. The number of nitrogens with zero attached hydrogens (tertiary/aromatic N) is 3.